The van der Waals surface area contributed by atoms with Gasteiger partial charge in [0.05, 0.1) is 11.4 Å². The Morgan fingerprint density at radius 1 is 0.500 bits per heavy atom. The van der Waals surface area contributed by atoms with E-state index in [1.807, 2.05) is 48.5 Å². The minimum Gasteiger partial charge on any atom is -0.508 e. The summed E-state index contributed by atoms with van der Waals surface area (Å²) in [5, 5.41) is 29.8. The van der Waals surface area contributed by atoms with Crippen LogP contribution >= 0.6 is 0 Å². The lowest BCUT2D eigenvalue weighted by molar-refractivity contribution is 0.475. The van der Waals surface area contributed by atoms with Gasteiger partial charge in [0.2, 0.25) is 0 Å². The SMILES string of the molecule is Nc1ccc(C(c2ccc(-c3ccc(O)cc3)cc2)c2ccc(N)c(O)c2)cc1O. The van der Waals surface area contributed by atoms with Crippen molar-refractivity contribution in [1.82, 2.24) is 0 Å². The van der Waals surface area contributed by atoms with E-state index in [1.165, 1.54) is 0 Å². The Hall–Kier alpha value is -4.12. The van der Waals surface area contributed by atoms with Crippen molar-refractivity contribution in [3.8, 4) is 28.4 Å². The molecule has 4 aromatic carbocycles. The van der Waals surface area contributed by atoms with Crippen LogP contribution in [0.25, 0.3) is 11.1 Å². The average Bonchev–Trinajstić information content (AvgIpc) is 2.74. The van der Waals surface area contributed by atoms with E-state index in [0.29, 0.717) is 11.4 Å². The van der Waals surface area contributed by atoms with Crippen LogP contribution in [0.2, 0.25) is 0 Å². The second-order valence-corrected chi connectivity index (χ2v) is 7.24. The van der Waals surface area contributed by atoms with Crippen LogP contribution in [-0.2, 0) is 0 Å². The minimum absolute atomic E-state index is 0.0119. The topological polar surface area (TPSA) is 113 Å². The molecular formula is C25H22N2O3. The van der Waals surface area contributed by atoms with Crippen molar-refractivity contribution in [2.45, 2.75) is 5.92 Å². The highest BCUT2D eigenvalue weighted by Gasteiger charge is 2.19. The van der Waals surface area contributed by atoms with Crippen molar-refractivity contribution < 1.29 is 15.3 Å². The number of phenols is 3. The van der Waals surface area contributed by atoms with Gasteiger partial charge in [-0.1, -0.05) is 48.5 Å². The van der Waals surface area contributed by atoms with Crippen LogP contribution < -0.4 is 11.5 Å². The van der Waals surface area contributed by atoms with Crippen LogP contribution in [0, 0.1) is 0 Å². The zero-order valence-corrected chi connectivity index (χ0v) is 16.2. The highest BCUT2D eigenvalue weighted by Crippen LogP contribution is 2.38. The molecule has 150 valence electrons. The molecule has 5 heteroatoms. The first-order chi connectivity index (χ1) is 14.4. The van der Waals surface area contributed by atoms with Gasteiger partial charge in [0, 0.05) is 5.92 Å². The summed E-state index contributed by atoms with van der Waals surface area (Å²) in [6.45, 7) is 0. The number of rotatable bonds is 4. The van der Waals surface area contributed by atoms with Gasteiger partial charge in [0.15, 0.2) is 0 Å². The van der Waals surface area contributed by atoms with Crippen LogP contribution in [0.3, 0.4) is 0 Å². The number of hydrogen-bond donors (Lipinski definition) is 5. The molecule has 0 aliphatic carbocycles. The maximum Gasteiger partial charge on any atom is 0.138 e. The first-order valence-corrected chi connectivity index (χ1v) is 9.48. The number of phenolic OH excluding ortho intramolecular Hbond substituents is 3. The normalized spacial score (nSPS) is 11.0. The number of nitrogen functional groups attached to an aromatic ring is 2. The van der Waals surface area contributed by atoms with Gasteiger partial charge in [-0.3, -0.25) is 0 Å². The van der Waals surface area contributed by atoms with E-state index in [4.69, 9.17) is 11.5 Å². The molecule has 0 spiro atoms. The molecule has 0 fully saturated rings. The van der Waals surface area contributed by atoms with Gasteiger partial charge < -0.3 is 26.8 Å². The van der Waals surface area contributed by atoms with E-state index < -0.39 is 0 Å². The van der Waals surface area contributed by atoms with Crippen molar-refractivity contribution in [2.24, 2.45) is 0 Å². The third kappa shape index (κ3) is 3.73. The maximum atomic E-state index is 10.1. The molecule has 30 heavy (non-hydrogen) atoms. The highest BCUT2D eigenvalue weighted by atomic mass is 16.3. The monoisotopic (exact) mass is 398 g/mol. The van der Waals surface area contributed by atoms with Gasteiger partial charge in [0.25, 0.3) is 0 Å². The molecular weight excluding hydrogens is 376 g/mol. The number of benzene rings is 4. The molecule has 7 N–H and O–H groups in total. The highest BCUT2D eigenvalue weighted by molar-refractivity contribution is 5.65. The van der Waals surface area contributed by atoms with Crippen molar-refractivity contribution >= 4 is 11.4 Å². The van der Waals surface area contributed by atoms with E-state index in [2.05, 4.69) is 0 Å². The van der Waals surface area contributed by atoms with Gasteiger partial charge >= 0.3 is 0 Å². The summed E-state index contributed by atoms with van der Waals surface area (Å²) < 4.78 is 0. The molecule has 0 aromatic heterocycles. The fourth-order valence-electron chi connectivity index (χ4n) is 3.58. The zero-order valence-electron chi connectivity index (χ0n) is 16.2. The molecule has 5 nitrogen and oxygen atoms in total. The number of anilines is 2. The van der Waals surface area contributed by atoms with Crippen LogP contribution in [0.5, 0.6) is 17.2 Å². The molecule has 0 saturated carbocycles. The van der Waals surface area contributed by atoms with E-state index >= 15 is 0 Å². The largest absolute Gasteiger partial charge is 0.508 e. The van der Waals surface area contributed by atoms with E-state index in [9.17, 15) is 15.3 Å². The average molecular weight is 398 g/mol. The Labute approximate surface area is 174 Å². The second kappa shape index (κ2) is 7.72. The first kappa shape index (κ1) is 19.2. The van der Waals surface area contributed by atoms with Crippen LogP contribution in [0.1, 0.15) is 22.6 Å². The summed E-state index contributed by atoms with van der Waals surface area (Å²) >= 11 is 0. The molecule has 4 rings (SSSR count). The van der Waals surface area contributed by atoms with Gasteiger partial charge in [-0.15, -0.1) is 0 Å². The van der Waals surface area contributed by atoms with Gasteiger partial charge in [-0.2, -0.15) is 0 Å². The van der Waals surface area contributed by atoms with Crippen molar-refractivity contribution in [3.63, 3.8) is 0 Å². The molecule has 0 saturated heterocycles. The van der Waals surface area contributed by atoms with Gasteiger partial charge in [0.1, 0.15) is 17.2 Å². The fraction of sp³-hybridized carbons (Fsp3) is 0.0400. The van der Waals surface area contributed by atoms with Gasteiger partial charge in [-0.05, 0) is 64.2 Å². The van der Waals surface area contributed by atoms with Crippen LogP contribution in [0.4, 0.5) is 11.4 Å². The smallest absolute Gasteiger partial charge is 0.138 e. The predicted molar refractivity (Wildman–Crippen MR) is 120 cm³/mol. The molecule has 0 aliphatic rings. The van der Waals surface area contributed by atoms with Crippen molar-refractivity contribution in [2.75, 3.05) is 11.5 Å². The van der Waals surface area contributed by atoms with Crippen molar-refractivity contribution in [3.05, 3.63) is 102 Å². The maximum absolute atomic E-state index is 10.1. The lowest BCUT2D eigenvalue weighted by Crippen LogP contribution is -2.04. The lowest BCUT2D eigenvalue weighted by Gasteiger charge is -2.20. The third-order valence-corrected chi connectivity index (χ3v) is 5.22. The molecule has 0 radical (unpaired) electrons. The summed E-state index contributed by atoms with van der Waals surface area (Å²) in [6, 6.07) is 25.4. The number of aromatic hydroxyl groups is 3. The fourth-order valence-corrected chi connectivity index (χ4v) is 3.58. The molecule has 4 aromatic rings. The Morgan fingerprint density at radius 2 is 0.900 bits per heavy atom. The quantitative estimate of drug-likeness (QED) is 0.192. The zero-order chi connectivity index (χ0) is 21.3. The standard InChI is InChI=1S/C25H22N2O3/c26-21-11-7-18(13-23(21)29)25(19-8-12-22(27)24(30)14-19)17-3-1-15(2-4-17)16-5-9-20(28)10-6-16/h1-14,25,28-30H,26-27H2. The molecule has 0 amide bonds. The van der Waals surface area contributed by atoms with Crippen LogP contribution in [-0.4, -0.2) is 15.3 Å². The summed E-state index contributed by atoms with van der Waals surface area (Å²) in [6.07, 6.45) is 0. The van der Waals surface area contributed by atoms with Crippen LogP contribution in [0.15, 0.2) is 84.9 Å². The number of nitrogens with two attached hydrogens (primary N) is 2. The summed E-state index contributed by atoms with van der Waals surface area (Å²) in [5.74, 6) is 0.00868. The Bertz CT molecular complexity index is 1130. The molecule has 0 unspecified atom stereocenters. The second-order valence-electron chi connectivity index (χ2n) is 7.24. The van der Waals surface area contributed by atoms with E-state index in [0.717, 1.165) is 27.8 Å². The Morgan fingerprint density at radius 3 is 1.33 bits per heavy atom. The number of hydrogen-bond acceptors (Lipinski definition) is 5. The summed E-state index contributed by atoms with van der Waals surface area (Å²) in [5.41, 5.74) is 16.8. The first-order valence-electron chi connectivity index (χ1n) is 9.48. The molecule has 0 atom stereocenters. The third-order valence-electron chi connectivity index (χ3n) is 5.22. The lowest BCUT2D eigenvalue weighted by atomic mass is 9.84. The molecule has 0 aliphatic heterocycles. The van der Waals surface area contributed by atoms with E-state index in [1.54, 1.807) is 36.4 Å². The predicted octanol–water partition coefficient (Wildman–Crippen LogP) is 4.82. The Balaban J connectivity index is 1.79. The Kier molecular flexibility index (Phi) is 4.94. The summed E-state index contributed by atoms with van der Waals surface area (Å²) in [7, 11) is 0. The van der Waals surface area contributed by atoms with Gasteiger partial charge in [-0.25, -0.2) is 0 Å². The van der Waals surface area contributed by atoms with Crippen molar-refractivity contribution in [1.29, 1.82) is 0 Å². The van der Waals surface area contributed by atoms with E-state index in [-0.39, 0.29) is 23.2 Å². The molecule has 0 bridgehead atoms. The summed E-state index contributed by atoms with van der Waals surface area (Å²) in [4.78, 5) is 0. The molecule has 0 heterocycles. The minimum atomic E-state index is -0.239.